The van der Waals surface area contributed by atoms with E-state index < -0.39 is 0 Å². The monoisotopic (exact) mass is 160 g/mol. The number of nitrogens with zero attached hydrogens (tertiary/aromatic N) is 2. The minimum Gasteiger partial charge on any atom is -0.384 e. The highest BCUT2D eigenvalue weighted by Crippen LogP contribution is 2.11. The van der Waals surface area contributed by atoms with Gasteiger partial charge in [-0.25, -0.2) is 4.98 Å². The number of H-pyrrole nitrogens is 1. The normalized spacial score (nSPS) is 10.0. The van der Waals surface area contributed by atoms with E-state index in [1.54, 1.807) is 12.4 Å². The fourth-order valence-corrected chi connectivity index (χ4v) is 0.968. The standard InChI is InChI=1S/C8H8N4/c9-7-5-11-8(12-7)6-3-1-2-4-10-6/h1-5H,9H2,(H,11,12). The van der Waals surface area contributed by atoms with Crippen molar-refractivity contribution in [3.05, 3.63) is 30.6 Å². The number of pyridine rings is 1. The molecule has 0 radical (unpaired) electrons. The Kier molecular flexibility index (Phi) is 1.51. The molecule has 3 N–H and O–H groups in total. The van der Waals surface area contributed by atoms with Gasteiger partial charge in [0.15, 0.2) is 5.82 Å². The lowest BCUT2D eigenvalue weighted by Gasteiger charge is -1.92. The predicted molar refractivity (Wildman–Crippen MR) is 46.2 cm³/mol. The minimum absolute atomic E-state index is 0.552. The number of hydrogen-bond acceptors (Lipinski definition) is 3. The zero-order chi connectivity index (χ0) is 8.39. The molecular formula is C8H8N4. The average molecular weight is 160 g/mol. The van der Waals surface area contributed by atoms with Crippen molar-refractivity contribution < 1.29 is 0 Å². The van der Waals surface area contributed by atoms with Gasteiger partial charge < -0.3 is 10.7 Å². The van der Waals surface area contributed by atoms with Crippen LogP contribution in [0.3, 0.4) is 0 Å². The van der Waals surface area contributed by atoms with E-state index in [1.807, 2.05) is 18.2 Å². The second kappa shape index (κ2) is 2.65. The summed E-state index contributed by atoms with van der Waals surface area (Å²) < 4.78 is 0. The molecule has 0 atom stereocenters. The summed E-state index contributed by atoms with van der Waals surface area (Å²) in [5.74, 6) is 1.25. The van der Waals surface area contributed by atoms with Crippen molar-refractivity contribution in [3.8, 4) is 11.5 Å². The Morgan fingerprint density at radius 2 is 2.17 bits per heavy atom. The molecule has 60 valence electrons. The van der Waals surface area contributed by atoms with Gasteiger partial charge in [0, 0.05) is 6.20 Å². The van der Waals surface area contributed by atoms with E-state index in [0.29, 0.717) is 11.6 Å². The van der Waals surface area contributed by atoms with Gasteiger partial charge >= 0.3 is 0 Å². The number of nitrogens with one attached hydrogen (secondary N) is 1. The Balaban J connectivity index is 2.45. The third-order valence-electron chi connectivity index (χ3n) is 1.50. The number of nitrogen functional groups attached to an aromatic ring is 1. The van der Waals surface area contributed by atoms with Gasteiger partial charge in [-0.3, -0.25) is 4.98 Å². The number of anilines is 1. The molecule has 4 nitrogen and oxygen atoms in total. The Hall–Kier alpha value is -1.84. The number of aromatic nitrogens is 3. The maximum atomic E-state index is 5.47. The molecule has 0 spiro atoms. The maximum Gasteiger partial charge on any atom is 0.157 e. The molecule has 2 heterocycles. The largest absolute Gasteiger partial charge is 0.384 e. The van der Waals surface area contributed by atoms with Gasteiger partial charge in [0.1, 0.15) is 11.5 Å². The van der Waals surface area contributed by atoms with Crippen LogP contribution in [0.25, 0.3) is 11.5 Å². The SMILES string of the molecule is Nc1cnc(-c2ccccn2)[nH]1. The predicted octanol–water partition coefficient (Wildman–Crippen LogP) is 1.05. The molecule has 12 heavy (non-hydrogen) atoms. The number of nitrogens with two attached hydrogens (primary N) is 1. The van der Waals surface area contributed by atoms with E-state index in [-0.39, 0.29) is 0 Å². The van der Waals surface area contributed by atoms with Crippen LogP contribution in [-0.2, 0) is 0 Å². The van der Waals surface area contributed by atoms with E-state index in [9.17, 15) is 0 Å². The number of imidazole rings is 1. The molecule has 0 fully saturated rings. The Bertz CT molecular complexity index is 366. The van der Waals surface area contributed by atoms with Gasteiger partial charge in [0.25, 0.3) is 0 Å². The lowest BCUT2D eigenvalue weighted by molar-refractivity contribution is 1.22. The van der Waals surface area contributed by atoms with Crippen molar-refractivity contribution in [2.75, 3.05) is 5.73 Å². The topological polar surface area (TPSA) is 67.6 Å². The zero-order valence-corrected chi connectivity index (χ0v) is 6.36. The second-order valence-corrected chi connectivity index (χ2v) is 2.40. The van der Waals surface area contributed by atoms with Crippen LogP contribution < -0.4 is 5.73 Å². The first-order valence-electron chi connectivity index (χ1n) is 3.58. The van der Waals surface area contributed by atoms with Crippen LogP contribution in [0, 0.1) is 0 Å². The molecular weight excluding hydrogens is 152 g/mol. The fourth-order valence-electron chi connectivity index (χ4n) is 0.968. The Morgan fingerprint density at radius 1 is 1.25 bits per heavy atom. The summed E-state index contributed by atoms with van der Waals surface area (Å²) in [4.78, 5) is 11.1. The summed E-state index contributed by atoms with van der Waals surface area (Å²) in [7, 11) is 0. The summed E-state index contributed by atoms with van der Waals surface area (Å²) in [6, 6.07) is 5.63. The van der Waals surface area contributed by atoms with E-state index >= 15 is 0 Å². The molecule has 2 rings (SSSR count). The molecule has 0 bridgehead atoms. The molecule has 0 aliphatic carbocycles. The van der Waals surface area contributed by atoms with Crippen LogP contribution in [-0.4, -0.2) is 15.0 Å². The zero-order valence-electron chi connectivity index (χ0n) is 6.36. The molecule has 0 unspecified atom stereocenters. The first-order chi connectivity index (χ1) is 5.86. The van der Waals surface area contributed by atoms with Crippen molar-refractivity contribution in [1.29, 1.82) is 0 Å². The number of rotatable bonds is 1. The molecule has 4 heteroatoms. The molecule has 0 aliphatic rings. The van der Waals surface area contributed by atoms with Gasteiger partial charge in [-0.05, 0) is 12.1 Å². The summed E-state index contributed by atoms with van der Waals surface area (Å²) in [5.41, 5.74) is 6.27. The quantitative estimate of drug-likeness (QED) is 0.655. The first-order valence-corrected chi connectivity index (χ1v) is 3.58. The molecule has 2 aromatic rings. The van der Waals surface area contributed by atoms with Crippen LogP contribution in [0.5, 0.6) is 0 Å². The summed E-state index contributed by atoms with van der Waals surface area (Å²) in [5, 5.41) is 0. The van der Waals surface area contributed by atoms with Crippen LogP contribution >= 0.6 is 0 Å². The highest BCUT2D eigenvalue weighted by Gasteiger charge is 2.00. The van der Waals surface area contributed by atoms with Gasteiger partial charge in [-0.1, -0.05) is 6.07 Å². The number of hydrogen-bond donors (Lipinski definition) is 2. The van der Waals surface area contributed by atoms with Crippen molar-refractivity contribution in [3.63, 3.8) is 0 Å². The van der Waals surface area contributed by atoms with Crippen LogP contribution in [0.15, 0.2) is 30.6 Å². The summed E-state index contributed by atoms with van der Waals surface area (Å²) in [6.07, 6.45) is 3.29. The van der Waals surface area contributed by atoms with Crippen molar-refractivity contribution in [2.24, 2.45) is 0 Å². The fraction of sp³-hybridized carbons (Fsp3) is 0. The molecule has 0 saturated heterocycles. The van der Waals surface area contributed by atoms with Crippen molar-refractivity contribution >= 4 is 5.82 Å². The van der Waals surface area contributed by atoms with E-state index in [1.165, 1.54) is 0 Å². The number of aromatic amines is 1. The molecule has 0 amide bonds. The third-order valence-corrected chi connectivity index (χ3v) is 1.50. The molecule has 0 aliphatic heterocycles. The maximum absolute atomic E-state index is 5.47. The Morgan fingerprint density at radius 3 is 2.75 bits per heavy atom. The first kappa shape index (κ1) is 6.84. The van der Waals surface area contributed by atoms with Gasteiger partial charge in [-0.2, -0.15) is 0 Å². The average Bonchev–Trinajstić information content (AvgIpc) is 2.54. The molecule has 0 saturated carbocycles. The van der Waals surface area contributed by atoms with Gasteiger partial charge in [0.2, 0.25) is 0 Å². The lowest BCUT2D eigenvalue weighted by atomic mass is 10.3. The van der Waals surface area contributed by atoms with Gasteiger partial charge in [0.05, 0.1) is 6.20 Å². The molecule has 2 aromatic heterocycles. The van der Waals surface area contributed by atoms with E-state index in [2.05, 4.69) is 15.0 Å². The molecule has 0 aromatic carbocycles. The highest BCUT2D eigenvalue weighted by molar-refractivity contribution is 5.51. The summed E-state index contributed by atoms with van der Waals surface area (Å²) in [6.45, 7) is 0. The summed E-state index contributed by atoms with van der Waals surface area (Å²) >= 11 is 0. The van der Waals surface area contributed by atoms with Crippen LogP contribution in [0.2, 0.25) is 0 Å². The van der Waals surface area contributed by atoms with Gasteiger partial charge in [-0.15, -0.1) is 0 Å². The minimum atomic E-state index is 0.552. The van der Waals surface area contributed by atoms with Crippen LogP contribution in [0.1, 0.15) is 0 Å². The van der Waals surface area contributed by atoms with Crippen molar-refractivity contribution in [2.45, 2.75) is 0 Å². The van der Waals surface area contributed by atoms with E-state index in [4.69, 9.17) is 5.73 Å². The Labute approximate surface area is 69.5 Å². The lowest BCUT2D eigenvalue weighted by Crippen LogP contribution is -1.85. The van der Waals surface area contributed by atoms with Crippen LogP contribution in [0.4, 0.5) is 5.82 Å². The highest BCUT2D eigenvalue weighted by atomic mass is 15.0. The van der Waals surface area contributed by atoms with E-state index in [0.717, 1.165) is 5.69 Å². The van der Waals surface area contributed by atoms with Crippen molar-refractivity contribution in [1.82, 2.24) is 15.0 Å². The smallest absolute Gasteiger partial charge is 0.157 e. The third kappa shape index (κ3) is 1.14. The second-order valence-electron chi connectivity index (χ2n) is 2.40.